The normalized spacial score (nSPS) is 10.5. The topological polar surface area (TPSA) is 84.7 Å². The lowest BCUT2D eigenvalue weighted by molar-refractivity contribution is 0.251. The third-order valence-corrected chi connectivity index (χ3v) is 3.99. The quantitative estimate of drug-likeness (QED) is 0.767. The van der Waals surface area contributed by atoms with Crippen molar-refractivity contribution in [2.24, 2.45) is 0 Å². The second-order valence-corrected chi connectivity index (χ2v) is 5.95. The zero-order chi connectivity index (χ0) is 17.8. The molecule has 2 N–H and O–H groups in total. The summed E-state index contributed by atoms with van der Waals surface area (Å²) in [4.78, 5) is 12.0. The Morgan fingerprint density at radius 1 is 1.04 bits per heavy atom. The van der Waals surface area contributed by atoms with Gasteiger partial charge < -0.3 is 10.6 Å². The van der Waals surface area contributed by atoms with E-state index in [0.717, 1.165) is 22.5 Å². The van der Waals surface area contributed by atoms with Crippen LogP contribution in [0.15, 0.2) is 42.5 Å². The van der Waals surface area contributed by atoms with Crippen LogP contribution in [0.2, 0.25) is 0 Å². The van der Waals surface area contributed by atoms with Gasteiger partial charge in [0.05, 0.1) is 12.2 Å². The van der Waals surface area contributed by atoms with E-state index < -0.39 is 0 Å². The van der Waals surface area contributed by atoms with E-state index in [9.17, 15) is 4.79 Å². The number of carbonyl (C=O) groups is 1. The number of rotatable bonds is 4. The van der Waals surface area contributed by atoms with Gasteiger partial charge in [0.2, 0.25) is 0 Å². The maximum absolute atomic E-state index is 12.0. The van der Waals surface area contributed by atoms with Crippen LogP contribution in [-0.2, 0) is 6.54 Å². The van der Waals surface area contributed by atoms with Gasteiger partial charge in [0.25, 0.3) is 0 Å². The zero-order valence-corrected chi connectivity index (χ0v) is 14.4. The van der Waals surface area contributed by atoms with Gasteiger partial charge in [-0.05, 0) is 66.6 Å². The van der Waals surface area contributed by atoms with Crippen molar-refractivity contribution in [1.29, 1.82) is 0 Å². The molecule has 0 fully saturated rings. The number of tetrazole rings is 1. The molecule has 0 aliphatic carbocycles. The van der Waals surface area contributed by atoms with Gasteiger partial charge >= 0.3 is 6.03 Å². The molecule has 3 aromatic rings. The van der Waals surface area contributed by atoms with Gasteiger partial charge in [-0.15, -0.1) is 5.10 Å². The Kier molecular flexibility index (Phi) is 4.74. The molecule has 128 valence electrons. The van der Waals surface area contributed by atoms with Gasteiger partial charge in [-0.2, -0.15) is 4.68 Å². The molecule has 0 unspecified atom stereocenters. The minimum Gasteiger partial charge on any atom is -0.330 e. The fraction of sp³-hybridized carbons (Fsp3) is 0.222. The largest absolute Gasteiger partial charge is 0.330 e. The van der Waals surface area contributed by atoms with Crippen LogP contribution in [0.3, 0.4) is 0 Å². The summed E-state index contributed by atoms with van der Waals surface area (Å²) < 4.78 is 1.62. The third kappa shape index (κ3) is 4.00. The number of hydrogen-bond donors (Lipinski definition) is 2. The summed E-state index contributed by atoms with van der Waals surface area (Å²) in [7, 11) is 0. The predicted molar refractivity (Wildman–Crippen MR) is 95.7 cm³/mol. The molecule has 2 aromatic carbocycles. The number of aryl methyl sites for hydroxylation is 3. The molecule has 0 saturated carbocycles. The lowest BCUT2D eigenvalue weighted by Gasteiger charge is -2.09. The molecule has 2 amide bonds. The Balaban J connectivity index is 1.66. The molecular weight excluding hydrogens is 316 g/mol. The highest BCUT2D eigenvalue weighted by molar-refractivity contribution is 5.89. The molecule has 1 aromatic heterocycles. The molecule has 0 radical (unpaired) electrons. The molecule has 0 saturated heterocycles. The van der Waals surface area contributed by atoms with Crippen LogP contribution in [0.4, 0.5) is 10.5 Å². The number of benzene rings is 2. The molecular formula is C18H20N6O. The van der Waals surface area contributed by atoms with Crippen molar-refractivity contribution in [3.8, 4) is 5.69 Å². The highest BCUT2D eigenvalue weighted by Gasteiger charge is 2.10. The highest BCUT2D eigenvalue weighted by Crippen LogP contribution is 2.14. The van der Waals surface area contributed by atoms with Gasteiger partial charge in [0.1, 0.15) is 0 Å². The summed E-state index contributed by atoms with van der Waals surface area (Å²) in [5.74, 6) is 0.558. The van der Waals surface area contributed by atoms with Crippen LogP contribution in [0.5, 0.6) is 0 Å². The van der Waals surface area contributed by atoms with Gasteiger partial charge in [0, 0.05) is 5.69 Å². The second kappa shape index (κ2) is 7.12. The molecule has 7 nitrogen and oxygen atoms in total. The fourth-order valence-electron chi connectivity index (χ4n) is 2.35. The Morgan fingerprint density at radius 2 is 1.80 bits per heavy atom. The minimum atomic E-state index is -0.307. The smallest absolute Gasteiger partial charge is 0.319 e. The first-order valence-corrected chi connectivity index (χ1v) is 7.99. The lowest BCUT2D eigenvalue weighted by Crippen LogP contribution is -2.29. The Labute approximate surface area is 146 Å². The van der Waals surface area contributed by atoms with E-state index in [1.165, 1.54) is 5.56 Å². The maximum Gasteiger partial charge on any atom is 0.319 e. The van der Waals surface area contributed by atoms with Crippen LogP contribution in [0.25, 0.3) is 5.69 Å². The van der Waals surface area contributed by atoms with Gasteiger partial charge in [0.15, 0.2) is 5.82 Å². The maximum atomic E-state index is 12.0. The van der Waals surface area contributed by atoms with Crippen LogP contribution in [0.1, 0.15) is 22.5 Å². The van der Waals surface area contributed by atoms with Crippen molar-refractivity contribution >= 4 is 11.7 Å². The molecule has 0 spiro atoms. The predicted octanol–water partition coefficient (Wildman–Crippen LogP) is 2.91. The minimum absolute atomic E-state index is 0.220. The van der Waals surface area contributed by atoms with E-state index in [1.54, 1.807) is 4.68 Å². The Hall–Kier alpha value is -3.22. The van der Waals surface area contributed by atoms with Crippen molar-refractivity contribution in [2.45, 2.75) is 27.3 Å². The van der Waals surface area contributed by atoms with Crippen molar-refractivity contribution in [2.75, 3.05) is 5.32 Å². The van der Waals surface area contributed by atoms with E-state index in [4.69, 9.17) is 0 Å². The number of nitrogens with one attached hydrogen (secondary N) is 2. The average molecular weight is 336 g/mol. The van der Waals surface area contributed by atoms with Crippen molar-refractivity contribution < 1.29 is 4.79 Å². The Bertz CT molecular complexity index is 885. The molecule has 0 aliphatic rings. The van der Waals surface area contributed by atoms with E-state index in [2.05, 4.69) is 33.1 Å². The number of carbonyl (C=O) groups excluding carboxylic acids is 1. The highest BCUT2D eigenvalue weighted by atomic mass is 16.2. The van der Waals surface area contributed by atoms with Crippen molar-refractivity contribution in [1.82, 2.24) is 25.5 Å². The first-order valence-electron chi connectivity index (χ1n) is 7.99. The van der Waals surface area contributed by atoms with E-state index in [0.29, 0.717) is 5.82 Å². The van der Waals surface area contributed by atoms with E-state index in [-0.39, 0.29) is 12.6 Å². The molecule has 0 aliphatic heterocycles. The molecule has 25 heavy (non-hydrogen) atoms. The van der Waals surface area contributed by atoms with E-state index in [1.807, 2.05) is 56.3 Å². The van der Waals surface area contributed by atoms with Crippen LogP contribution in [-0.4, -0.2) is 26.2 Å². The third-order valence-electron chi connectivity index (χ3n) is 3.99. The number of amides is 2. The van der Waals surface area contributed by atoms with Crippen LogP contribution < -0.4 is 10.6 Å². The van der Waals surface area contributed by atoms with Gasteiger partial charge in [-0.1, -0.05) is 23.8 Å². The number of urea groups is 1. The molecule has 0 bridgehead atoms. The lowest BCUT2D eigenvalue weighted by atomic mass is 10.1. The fourth-order valence-corrected chi connectivity index (χ4v) is 2.35. The van der Waals surface area contributed by atoms with E-state index >= 15 is 0 Å². The first-order chi connectivity index (χ1) is 12.0. The number of nitrogens with zero attached hydrogens (tertiary/aromatic N) is 4. The SMILES string of the molecule is Cc1ccc(NC(=O)NCc2nnnn2-c2ccc(C)c(C)c2)cc1. The monoisotopic (exact) mass is 336 g/mol. The summed E-state index contributed by atoms with van der Waals surface area (Å²) in [6.45, 7) is 6.31. The van der Waals surface area contributed by atoms with Crippen LogP contribution in [0, 0.1) is 20.8 Å². The molecule has 7 heteroatoms. The molecule has 3 rings (SSSR count). The summed E-state index contributed by atoms with van der Waals surface area (Å²) in [5, 5.41) is 17.3. The first kappa shape index (κ1) is 16.6. The van der Waals surface area contributed by atoms with Gasteiger partial charge in [-0.3, -0.25) is 0 Å². The van der Waals surface area contributed by atoms with Crippen LogP contribution >= 0.6 is 0 Å². The number of anilines is 1. The Morgan fingerprint density at radius 3 is 2.52 bits per heavy atom. The summed E-state index contributed by atoms with van der Waals surface area (Å²) in [5.41, 5.74) is 5.09. The zero-order valence-electron chi connectivity index (χ0n) is 14.4. The summed E-state index contributed by atoms with van der Waals surface area (Å²) >= 11 is 0. The van der Waals surface area contributed by atoms with Crippen molar-refractivity contribution in [3.05, 3.63) is 65.0 Å². The summed E-state index contributed by atoms with van der Waals surface area (Å²) in [6.07, 6.45) is 0. The van der Waals surface area contributed by atoms with Crippen molar-refractivity contribution in [3.63, 3.8) is 0 Å². The number of aromatic nitrogens is 4. The van der Waals surface area contributed by atoms with Gasteiger partial charge in [-0.25, -0.2) is 4.79 Å². The summed E-state index contributed by atoms with van der Waals surface area (Å²) in [6, 6.07) is 13.3. The standard InChI is InChI=1S/C18H20N6O/c1-12-4-7-15(8-5-12)20-18(25)19-11-17-21-22-23-24(17)16-9-6-13(2)14(3)10-16/h4-10H,11H2,1-3H3,(H2,19,20,25). The second-order valence-electron chi connectivity index (χ2n) is 5.95. The molecule has 0 atom stereocenters. The average Bonchev–Trinajstić information content (AvgIpc) is 3.06. The molecule has 1 heterocycles. The number of hydrogen-bond acceptors (Lipinski definition) is 4.